The van der Waals surface area contributed by atoms with E-state index in [9.17, 15) is 12.8 Å². The average Bonchev–Trinajstić information content (AvgIpc) is 3.02. The van der Waals surface area contributed by atoms with Crippen molar-refractivity contribution in [2.24, 2.45) is 0 Å². The van der Waals surface area contributed by atoms with Gasteiger partial charge in [-0.1, -0.05) is 59.7 Å². The van der Waals surface area contributed by atoms with Crippen LogP contribution in [0.2, 0.25) is 0 Å². The lowest BCUT2D eigenvalue weighted by Gasteiger charge is -2.43. The first-order valence-corrected chi connectivity index (χ1v) is 13.2. The third-order valence-electron chi connectivity index (χ3n) is 7.35. The van der Waals surface area contributed by atoms with Crippen LogP contribution in [0.25, 0.3) is 0 Å². The average molecular weight is 482 g/mol. The molecule has 34 heavy (non-hydrogen) atoms. The molecule has 2 fully saturated rings. The Hall–Kier alpha value is -2.54. The zero-order valence-electron chi connectivity index (χ0n) is 19.9. The van der Waals surface area contributed by atoms with Crippen LogP contribution >= 0.6 is 0 Å². The SMILES string of the molecule is Cc1ccc(S(=O)(=O)O)cc1.Cc1ccc([C@@H]2C[C@@H]3CC[C@H]([C@@H]2c2ccc(F)cc2)N3C)cc1. The molecule has 0 aliphatic carbocycles. The molecule has 2 bridgehead atoms. The van der Waals surface area contributed by atoms with Gasteiger partial charge in [-0.3, -0.25) is 9.45 Å². The highest BCUT2D eigenvalue weighted by atomic mass is 32.2. The topological polar surface area (TPSA) is 57.6 Å². The molecule has 1 N–H and O–H groups in total. The van der Waals surface area contributed by atoms with Gasteiger partial charge in [-0.2, -0.15) is 8.42 Å². The van der Waals surface area contributed by atoms with Crippen LogP contribution in [0.1, 0.15) is 53.4 Å². The van der Waals surface area contributed by atoms with Gasteiger partial charge in [0.25, 0.3) is 10.1 Å². The fourth-order valence-corrected chi connectivity index (χ4v) is 5.95. The first-order valence-electron chi connectivity index (χ1n) is 11.7. The lowest BCUT2D eigenvalue weighted by Crippen LogP contribution is -2.44. The number of rotatable bonds is 3. The minimum atomic E-state index is -4.02. The van der Waals surface area contributed by atoms with Crippen LogP contribution in [-0.4, -0.2) is 37.0 Å². The van der Waals surface area contributed by atoms with Gasteiger partial charge in [0.05, 0.1) is 4.90 Å². The van der Waals surface area contributed by atoms with E-state index in [2.05, 4.69) is 43.1 Å². The van der Waals surface area contributed by atoms with Crippen molar-refractivity contribution in [3.63, 3.8) is 0 Å². The number of halogens is 1. The largest absolute Gasteiger partial charge is 0.300 e. The van der Waals surface area contributed by atoms with Gasteiger partial charge in [0.15, 0.2) is 0 Å². The summed E-state index contributed by atoms with van der Waals surface area (Å²) in [5, 5.41) is 0. The third-order valence-corrected chi connectivity index (χ3v) is 8.22. The van der Waals surface area contributed by atoms with Crippen molar-refractivity contribution in [2.75, 3.05) is 7.05 Å². The number of hydrogen-bond donors (Lipinski definition) is 1. The van der Waals surface area contributed by atoms with E-state index >= 15 is 0 Å². The molecule has 3 aromatic rings. The summed E-state index contributed by atoms with van der Waals surface area (Å²) in [6.45, 7) is 3.98. The van der Waals surface area contributed by atoms with Gasteiger partial charge in [-0.25, -0.2) is 4.39 Å². The van der Waals surface area contributed by atoms with Crippen LogP contribution in [0.4, 0.5) is 4.39 Å². The van der Waals surface area contributed by atoms with Crippen molar-refractivity contribution in [2.45, 2.75) is 61.9 Å². The maximum absolute atomic E-state index is 13.4. The van der Waals surface area contributed by atoms with Gasteiger partial charge in [0.1, 0.15) is 5.82 Å². The predicted octanol–water partition coefficient (Wildman–Crippen LogP) is 6.11. The zero-order chi connectivity index (χ0) is 24.5. The summed E-state index contributed by atoms with van der Waals surface area (Å²) < 4.78 is 42.9. The van der Waals surface area contributed by atoms with Gasteiger partial charge in [-0.05, 0) is 81.5 Å². The highest BCUT2D eigenvalue weighted by Gasteiger charge is 2.46. The Morgan fingerprint density at radius 1 is 0.824 bits per heavy atom. The lowest BCUT2D eigenvalue weighted by molar-refractivity contribution is 0.137. The Morgan fingerprint density at radius 3 is 1.91 bits per heavy atom. The van der Waals surface area contributed by atoms with E-state index in [1.165, 1.54) is 48.1 Å². The van der Waals surface area contributed by atoms with Crippen molar-refractivity contribution in [1.82, 2.24) is 4.90 Å². The number of hydrogen-bond acceptors (Lipinski definition) is 3. The van der Waals surface area contributed by atoms with Crippen molar-refractivity contribution in [1.29, 1.82) is 0 Å². The van der Waals surface area contributed by atoms with E-state index in [0.717, 1.165) is 5.56 Å². The number of fused-ring (bicyclic) bond motifs is 2. The Morgan fingerprint density at radius 2 is 1.35 bits per heavy atom. The van der Waals surface area contributed by atoms with E-state index in [4.69, 9.17) is 4.55 Å². The fraction of sp³-hybridized carbons (Fsp3) is 0.357. The second kappa shape index (κ2) is 9.98. The fourth-order valence-electron chi connectivity index (χ4n) is 5.47. The maximum atomic E-state index is 13.4. The molecule has 4 atom stereocenters. The smallest absolute Gasteiger partial charge is 0.294 e. The number of nitrogens with zero attached hydrogens (tertiary/aromatic N) is 1. The third kappa shape index (κ3) is 5.40. The van der Waals surface area contributed by atoms with Gasteiger partial charge in [0.2, 0.25) is 0 Å². The highest BCUT2D eigenvalue weighted by Crippen LogP contribution is 2.50. The van der Waals surface area contributed by atoms with E-state index in [1.807, 2.05) is 19.1 Å². The van der Waals surface area contributed by atoms with Gasteiger partial charge in [0, 0.05) is 18.0 Å². The minimum Gasteiger partial charge on any atom is -0.300 e. The summed E-state index contributed by atoms with van der Waals surface area (Å²) in [5.74, 6) is 0.853. The summed E-state index contributed by atoms with van der Waals surface area (Å²) in [7, 11) is -1.75. The van der Waals surface area contributed by atoms with Crippen molar-refractivity contribution in [3.8, 4) is 0 Å². The monoisotopic (exact) mass is 481 g/mol. The van der Waals surface area contributed by atoms with Crippen LogP contribution in [0.5, 0.6) is 0 Å². The molecule has 0 amide bonds. The Bertz CT molecular complexity index is 1210. The summed E-state index contributed by atoms with van der Waals surface area (Å²) in [5.41, 5.74) is 4.99. The van der Waals surface area contributed by atoms with Crippen LogP contribution in [0, 0.1) is 19.7 Å². The Labute approximate surface area is 202 Å². The molecular formula is C28H32FNO3S. The molecule has 0 aromatic heterocycles. The van der Waals surface area contributed by atoms with Crippen molar-refractivity contribution in [3.05, 3.63) is 101 Å². The number of likely N-dealkylation sites (N-methyl/N-ethyl adjacent to an activating group) is 1. The summed E-state index contributed by atoms with van der Waals surface area (Å²) in [6, 6.07) is 23.5. The maximum Gasteiger partial charge on any atom is 0.294 e. The first-order chi connectivity index (χ1) is 16.1. The second-order valence-corrected chi connectivity index (χ2v) is 11.0. The molecule has 2 aliphatic rings. The van der Waals surface area contributed by atoms with Crippen LogP contribution in [-0.2, 0) is 10.1 Å². The Balaban J connectivity index is 0.000000210. The molecule has 180 valence electrons. The van der Waals surface area contributed by atoms with Crippen molar-refractivity contribution >= 4 is 10.1 Å². The van der Waals surface area contributed by atoms with E-state index in [-0.39, 0.29) is 10.7 Å². The number of piperidine rings is 1. The van der Waals surface area contributed by atoms with Crippen LogP contribution < -0.4 is 0 Å². The normalized spacial score (nSPS) is 24.4. The summed E-state index contributed by atoms with van der Waals surface area (Å²) in [6.07, 6.45) is 3.75. The predicted molar refractivity (Wildman–Crippen MR) is 133 cm³/mol. The van der Waals surface area contributed by atoms with E-state index in [0.29, 0.717) is 23.9 Å². The molecular weight excluding hydrogens is 449 g/mol. The quantitative estimate of drug-likeness (QED) is 0.459. The highest BCUT2D eigenvalue weighted by molar-refractivity contribution is 7.85. The van der Waals surface area contributed by atoms with Crippen molar-refractivity contribution < 1.29 is 17.4 Å². The molecule has 6 heteroatoms. The van der Waals surface area contributed by atoms with Crippen LogP contribution in [0.15, 0.2) is 77.7 Å². The molecule has 2 aliphatic heterocycles. The minimum absolute atomic E-state index is 0.0666. The van der Waals surface area contributed by atoms with Crippen LogP contribution in [0.3, 0.4) is 0 Å². The van der Waals surface area contributed by atoms with Gasteiger partial charge >= 0.3 is 0 Å². The van der Waals surface area contributed by atoms with E-state index < -0.39 is 10.1 Å². The lowest BCUT2D eigenvalue weighted by atomic mass is 9.73. The van der Waals surface area contributed by atoms with Gasteiger partial charge in [-0.15, -0.1) is 0 Å². The molecule has 0 unspecified atom stereocenters. The Kier molecular flexibility index (Phi) is 7.22. The molecule has 0 spiro atoms. The molecule has 0 radical (unpaired) electrons. The van der Waals surface area contributed by atoms with E-state index in [1.54, 1.807) is 24.3 Å². The summed E-state index contributed by atoms with van der Waals surface area (Å²) in [4.78, 5) is 2.50. The first kappa shape index (κ1) is 24.6. The zero-order valence-corrected chi connectivity index (χ0v) is 20.7. The second-order valence-electron chi connectivity index (χ2n) is 9.58. The molecule has 5 rings (SSSR count). The molecule has 3 aromatic carbocycles. The number of aryl methyl sites for hydroxylation is 2. The molecule has 4 nitrogen and oxygen atoms in total. The molecule has 0 saturated carbocycles. The van der Waals surface area contributed by atoms with Gasteiger partial charge < -0.3 is 0 Å². The number of benzene rings is 3. The molecule has 2 heterocycles. The molecule has 2 saturated heterocycles. The summed E-state index contributed by atoms with van der Waals surface area (Å²) >= 11 is 0. The standard InChI is InChI=1S/C21H24FN.C7H8O3S/c1-14-3-5-15(6-4-14)19-13-18-11-12-20(23(18)2)21(19)16-7-9-17(22)10-8-16;1-6-2-4-7(5-3-6)11(8,9)10/h3-10,18-21H,11-13H2,1-2H3;2-5H,1H3,(H,8,9,10)/t18-,19-,20+,21+;/m0./s1.